The second kappa shape index (κ2) is 7.13. The predicted octanol–water partition coefficient (Wildman–Crippen LogP) is 2.07. The van der Waals surface area contributed by atoms with Crippen LogP contribution in [0, 0.1) is 0 Å². The summed E-state index contributed by atoms with van der Waals surface area (Å²) in [6, 6.07) is 0. The maximum absolute atomic E-state index is 11.8. The molecule has 0 amide bonds. The van der Waals surface area contributed by atoms with Crippen molar-refractivity contribution in [3.8, 4) is 0 Å². The lowest BCUT2D eigenvalue weighted by Crippen LogP contribution is -2.20. The molecule has 0 aliphatic carbocycles. The summed E-state index contributed by atoms with van der Waals surface area (Å²) in [6.07, 6.45) is -2.19. The van der Waals surface area contributed by atoms with Gasteiger partial charge in [0.25, 0.3) is 0 Å². The quantitative estimate of drug-likeness (QED) is 0.748. The van der Waals surface area contributed by atoms with Gasteiger partial charge in [-0.05, 0) is 6.42 Å². The molecule has 0 fully saturated rings. The SMILES string of the molecule is CCc1c(NC)ncnc1NCCOCC(F)(F)F. The van der Waals surface area contributed by atoms with E-state index in [9.17, 15) is 13.2 Å². The maximum Gasteiger partial charge on any atom is 0.411 e. The molecule has 0 bridgehead atoms. The van der Waals surface area contributed by atoms with Gasteiger partial charge in [-0.3, -0.25) is 0 Å². The van der Waals surface area contributed by atoms with E-state index in [1.54, 1.807) is 7.05 Å². The van der Waals surface area contributed by atoms with Crippen molar-refractivity contribution in [3.05, 3.63) is 11.9 Å². The lowest BCUT2D eigenvalue weighted by atomic mass is 10.2. The molecule has 2 N–H and O–H groups in total. The molecule has 0 unspecified atom stereocenters. The second-order valence-corrected chi connectivity index (χ2v) is 3.75. The van der Waals surface area contributed by atoms with E-state index in [4.69, 9.17) is 0 Å². The fourth-order valence-corrected chi connectivity index (χ4v) is 1.54. The van der Waals surface area contributed by atoms with Crippen LogP contribution in [0.15, 0.2) is 6.33 Å². The van der Waals surface area contributed by atoms with Gasteiger partial charge < -0.3 is 15.4 Å². The molecule has 0 saturated carbocycles. The molecule has 1 heterocycles. The summed E-state index contributed by atoms with van der Waals surface area (Å²) in [4.78, 5) is 8.13. The largest absolute Gasteiger partial charge is 0.411 e. The van der Waals surface area contributed by atoms with Gasteiger partial charge in [0.1, 0.15) is 24.6 Å². The third-order valence-corrected chi connectivity index (χ3v) is 2.34. The number of nitrogens with zero attached hydrogens (tertiary/aromatic N) is 2. The lowest BCUT2D eigenvalue weighted by Gasteiger charge is -2.13. The van der Waals surface area contributed by atoms with E-state index in [2.05, 4.69) is 25.3 Å². The zero-order valence-corrected chi connectivity index (χ0v) is 10.8. The Labute approximate surface area is 109 Å². The minimum absolute atomic E-state index is 0.0401. The fraction of sp³-hybridized carbons (Fsp3) is 0.636. The van der Waals surface area contributed by atoms with Crippen molar-refractivity contribution in [2.75, 3.05) is 37.4 Å². The van der Waals surface area contributed by atoms with Gasteiger partial charge in [-0.15, -0.1) is 0 Å². The molecule has 5 nitrogen and oxygen atoms in total. The van der Waals surface area contributed by atoms with Crippen LogP contribution in [0.2, 0.25) is 0 Å². The molecule has 8 heteroatoms. The van der Waals surface area contributed by atoms with Gasteiger partial charge >= 0.3 is 6.18 Å². The molecule has 0 aliphatic rings. The van der Waals surface area contributed by atoms with E-state index in [1.807, 2.05) is 6.92 Å². The topological polar surface area (TPSA) is 59.1 Å². The summed E-state index contributed by atoms with van der Waals surface area (Å²) >= 11 is 0. The maximum atomic E-state index is 11.8. The molecule has 19 heavy (non-hydrogen) atoms. The molecule has 0 spiro atoms. The Morgan fingerprint density at radius 3 is 2.53 bits per heavy atom. The summed E-state index contributed by atoms with van der Waals surface area (Å²) < 4.78 is 40.1. The van der Waals surface area contributed by atoms with E-state index < -0.39 is 12.8 Å². The third-order valence-electron chi connectivity index (χ3n) is 2.34. The summed E-state index contributed by atoms with van der Waals surface area (Å²) in [7, 11) is 1.75. The summed E-state index contributed by atoms with van der Waals surface area (Å²) in [5.41, 5.74) is 0.890. The molecule has 1 aromatic rings. The predicted molar refractivity (Wildman–Crippen MR) is 66.3 cm³/mol. The number of alkyl halides is 3. The summed E-state index contributed by atoms with van der Waals surface area (Å²) in [6.45, 7) is 0.927. The lowest BCUT2D eigenvalue weighted by molar-refractivity contribution is -0.172. The van der Waals surface area contributed by atoms with E-state index in [1.165, 1.54) is 6.33 Å². The minimum Gasteiger partial charge on any atom is -0.373 e. The van der Waals surface area contributed by atoms with Crippen molar-refractivity contribution >= 4 is 11.6 Å². The fourth-order valence-electron chi connectivity index (χ4n) is 1.54. The van der Waals surface area contributed by atoms with Crippen LogP contribution < -0.4 is 10.6 Å². The van der Waals surface area contributed by atoms with Crippen LogP contribution >= 0.6 is 0 Å². The van der Waals surface area contributed by atoms with Gasteiger partial charge in [0.05, 0.1) is 6.61 Å². The van der Waals surface area contributed by atoms with Crippen LogP contribution in [-0.2, 0) is 11.2 Å². The van der Waals surface area contributed by atoms with E-state index in [0.717, 1.165) is 5.56 Å². The molecule has 0 aliphatic heterocycles. The van der Waals surface area contributed by atoms with Gasteiger partial charge in [-0.2, -0.15) is 13.2 Å². The van der Waals surface area contributed by atoms with Gasteiger partial charge in [0, 0.05) is 19.2 Å². The molecule has 1 aromatic heterocycles. The molecule has 0 atom stereocenters. The van der Waals surface area contributed by atoms with Gasteiger partial charge in [-0.1, -0.05) is 6.92 Å². The number of aromatic nitrogens is 2. The average Bonchev–Trinajstić information content (AvgIpc) is 2.36. The monoisotopic (exact) mass is 278 g/mol. The van der Waals surface area contributed by atoms with Crippen LogP contribution in [0.4, 0.5) is 24.8 Å². The number of anilines is 2. The molecule has 108 valence electrons. The highest BCUT2D eigenvalue weighted by molar-refractivity contribution is 5.56. The highest BCUT2D eigenvalue weighted by Crippen LogP contribution is 2.19. The first-order valence-corrected chi connectivity index (χ1v) is 5.88. The van der Waals surface area contributed by atoms with Crippen molar-refractivity contribution in [2.24, 2.45) is 0 Å². The van der Waals surface area contributed by atoms with Crippen molar-refractivity contribution in [1.29, 1.82) is 0 Å². The molecule has 0 aromatic carbocycles. The van der Waals surface area contributed by atoms with E-state index in [-0.39, 0.29) is 13.2 Å². The number of hydrogen-bond acceptors (Lipinski definition) is 5. The molecule has 0 saturated heterocycles. The molecule has 0 radical (unpaired) electrons. The smallest absolute Gasteiger partial charge is 0.373 e. The van der Waals surface area contributed by atoms with Crippen LogP contribution in [0.1, 0.15) is 12.5 Å². The Kier molecular flexibility index (Phi) is 5.81. The summed E-state index contributed by atoms with van der Waals surface area (Å²) in [5.74, 6) is 1.31. The molecular weight excluding hydrogens is 261 g/mol. The van der Waals surface area contributed by atoms with Gasteiger partial charge in [0.15, 0.2) is 0 Å². The first-order valence-electron chi connectivity index (χ1n) is 5.88. The Balaban J connectivity index is 2.45. The number of hydrogen-bond donors (Lipinski definition) is 2. The molecular formula is C11H17F3N4O. The Bertz CT molecular complexity index is 398. The van der Waals surface area contributed by atoms with Crippen LogP contribution in [0.25, 0.3) is 0 Å². The summed E-state index contributed by atoms with van der Waals surface area (Å²) in [5, 5.41) is 5.88. The highest BCUT2D eigenvalue weighted by atomic mass is 19.4. The normalized spacial score (nSPS) is 11.4. The van der Waals surface area contributed by atoms with Crippen molar-refractivity contribution in [2.45, 2.75) is 19.5 Å². The average molecular weight is 278 g/mol. The zero-order valence-electron chi connectivity index (χ0n) is 10.8. The standard InChI is InChI=1S/C11H17F3N4O/c1-3-8-9(15-2)17-7-18-10(8)16-4-5-19-6-11(12,13)14/h7H,3-6H2,1-2H3,(H2,15,16,17,18). The second-order valence-electron chi connectivity index (χ2n) is 3.75. The van der Waals surface area contributed by atoms with Gasteiger partial charge in [-0.25, -0.2) is 9.97 Å². The zero-order chi connectivity index (χ0) is 14.3. The third kappa shape index (κ3) is 5.29. The van der Waals surface area contributed by atoms with Crippen molar-refractivity contribution in [3.63, 3.8) is 0 Å². The van der Waals surface area contributed by atoms with Gasteiger partial charge in [0.2, 0.25) is 0 Å². The van der Waals surface area contributed by atoms with E-state index in [0.29, 0.717) is 18.1 Å². The Hall–Kier alpha value is -1.57. The Morgan fingerprint density at radius 2 is 1.95 bits per heavy atom. The first kappa shape index (κ1) is 15.5. The minimum atomic E-state index is -4.29. The number of nitrogens with one attached hydrogen (secondary N) is 2. The molecule has 1 rings (SSSR count). The van der Waals surface area contributed by atoms with Crippen LogP contribution in [0.3, 0.4) is 0 Å². The van der Waals surface area contributed by atoms with E-state index >= 15 is 0 Å². The number of halogens is 3. The van der Waals surface area contributed by atoms with Crippen LogP contribution in [-0.4, -0.2) is 43.0 Å². The number of ether oxygens (including phenoxy) is 1. The van der Waals surface area contributed by atoms with Crippen LogP contribution in [0.5, 0.6) is 0 Å². The van der Waals surface area contributed by atoms with Crippen molar-refractivity contribution in [1.82, 2.24) is 9.97 Å². The van der Waals surface area contributed by atoms with Crippen molar-refractivity contribution < 1.29 is 17.9 Å². The number of rotatable bonds is 7. The highest BCUT2D eigenvalue weighted by Gasteiger charge is 2.27. The Morgan fingerprint density at radius 1 is 1.26 bits per heavy atom. The first-order chi connectivity index (χ1) is 8.98.